The molecule has 0 radical (unpaired) electrons. The van der Waals surface area contributed by atoms with E-state index in [-0.39, 0.29) is 0 Å². The second kappa shape index (κ2) is 10.8. The van der Waals surface area contributed by atoms with Crippen molar-refractivity contribution in [2.45, 2.75) is 84.1 Å². The van der Waals surface area contributed by atoms with Gasteiger partial charge >= 0.3 is 0 Å². The van der Waals surface area contributed by atoms with Gasteiger partial charge in [0.15, 0.2) is 5.11 Å². The number of nitrogens with zero attached hydrogens (tertiary/aromatic N) is 4. The summed E-state index contributed by atoms with van der Waals surface area (Å²) in [6.45, 7) is 8.95. The molecule has 2 N–H and O–H groups in total. The van der Waals surface area contributed by atoms with E-state index in [2.05, 4.69) is 40.3 Å². The zero-order valence-electron chi connectivity index (χ0n) is 19.4. The molecule has 0 unspecified atom stereocenters. The Kier molecular flexibility index (Phi) is 7.86. The van der Waals surface area contributed by atoms with Gasteiger partial charge in [0.05, 0.1) is 0 Å². The smallest absolute Gasteiger partial charge is 0.232 e. The van der Waals surface area contributed by atoms with Gasteiger partial charge in [0.1, 0.15) is 11.6 Å². The quantitative estimate of drug-likeness (QED) is 0.503. The predicted octanol–water partition coefficient (Wildman–Crippen LogP) is 4.96. The highest BCUT2D eigenvalue weighted by molar-refractivity contribution is 7.80. The van der Waals surface area contributed by atoms with Crippen molar-refractivity contribution in [3.8, 4) is 0 Å². The number of hydrogen-bond donors (Lipinski definition) is 2. The molecule has 2 aliphatic heterocycles. The molecule has 3 fully saturated rings. The van der Waals surface area contributed by atoms with Gasteiger partial charge in [-0.3, -0.25) is 0 Å². The van der Waals surface area contributed by atoms with Crippen LogP contribution >= 0.6 is 12.2 Å². The fraction of sp³-hybridized carbons (Fsp3) is 0.792. The molecule has 0 aromatic carbocycles. The third-order valence-corrected chi connectivity index (χ3v) is 7.30. The molecule has 172 valence electrons. The summed E-state index contributed by atoms with van der Waals surface area (Å²) in [4.78, 5) is 14.7. The van der Waals surface area contributed by atoms with Crippen LogP contribution in [0, 0.1) is 11.8 Å². The van der Waals surface area contributed by atoms with Crippen LogP contribution in [0.1, 0.15) is 78.1 Å². The van der Waals surface area contributed by atoms with E-state index < -0.39 is 0 Å². The molecule has 6 nitrogen and oxygen atoms in total. The lowest BCUT2D eigenvalue weighted by atomic mass is 10.00. The maximum atomic E-state index is 5.67. The summed E-state index contributed by atoms with van der Waals surface area (Å²) in [7, 11) is 0. The van der Waals surface area contributed by atoms with Crippen LogP contribution in [0.2, 0.25) is 0 Å². The Bertz CT molecular complexity index is 693. The highest BCUT2D eigenvalue weighted by Crippen LogP contribution is 2.28. The van der Waals surface area contributed by atoms with Gasteiger partial charge in [-0.05, 0) is 62.6 Å². The van der Waals surface area contributed by atoms with Crippen molar-refractivity contribution >= 4 is 34.9 Å². The zero-order chi connectivity index (χ0) is 21.6. The summed E-state index contributed by atoms with van der Waals surface area (Å²) < 4.78 is 0. The average Bonchev–Trinajstić information content (AvgIpc) is 3.02. The van der Waals surface area contributed by atoms with Gasteiger partial charge in [-0.15, -0.1) is 0 Å². The van der Waals surface area contributed by atoms with Crippen molar-refractivity contribution in [2.24, 2.45) is 11.8 Å². The maximum Gasteiger partial charge on any atom is 0.232 e. The largest absolute Gasteiger partial charge is 0.360 e. The van der Waals surface area contributed by atoms with Crippen molar-refractivity contribution < 1.29 is 0 Å². The van der Waals surface area contributed by atoms with Crippen LogP contribution in [0.4, 0.5) is 17.6 Å². The van der Waals surface area contributed by atoms with Crippen LogP contribution < -0.4 is 20.4 Å². The lowest BCUT2D eigenvalue weighted by Crippen LogP contribution is -2.39. The number of hydrogen-bond acceptors (Lipinski definition) is 5. The van der Waals surface area contributed by atoms with E-state index in [0.717, 1.165) is 37.8 Å². The van der Waals surface area contributed by atoms with Crippen LogP contribution in [0.25, 0.3) is 0 Å². The van der Waals surface area contributed by atoms with E-state index in [9.17, 15) is 0 Å². The lowest BCUT2D eigenvalue weighted by molar-refractivity contribution is 0.441. The Hall–Kier alpha value is -1.63. The van der Waals surface area contributed by atoms with Crippen molar-refractivity contribution in [2.75, 3.05) is 41.3 Å². The summed E-state index contributed by atoms with van der Waals surface area (Å²) >= 11 is 5.67. The summed E-state index contributed by atoms with van der Waals surface area (Å²) in [5.74, 6) is 4.12. The molecule has 2 saturated heterocycles. The molecule has 4 rings (SSSR count). The van der Waals surface area contributed by atoms with E-state index in [1.165, 1.54) is 64.2 Å². The van der Waals surface area contributed by atoms with Crippen LogP contribution in [0.15, 0.2) is 6.07 Å². The maximum absolute atomic E-state index is 5.67. The van der Waals surface area contributed by atoms with E-state index in [1.807, 2.05) is 0 Å². The van der Waals surface area contributed by atoms with E-state index in [0.29, 0.717) is 28.9 Å². The normalized spacial score (nSPS) is 25.7. The Balaban J connectivity index is 1.51. The monoisotopic (exact) mass is 444 g/mol. The second-order valence-electron chi connectivity index (χ2n) is 10.1. The number of aromatic nitrogens is 2. The van der Waals surface area contributed by atoms with Gasteiger partial charge in [0, 0.05) is 38.3 Å². The van der Waals surface area contributed by atoms with Gasteiger partial charge in [0.2, 0.25) is 5.95 Å². The Morgan fingerprint density at radius 1 is 0.839 bits per heavy atom. The molecule has 1 aliphatic carbocycles. The SMILES string of the molecule is C[C@@H]1CCCN(c2cc(N3CCC[C@@H](C)C3)nc(NC(=S)NC3CCCCCC3)n2)C1. The first-order chi connectivity index (χ1) is 15.1. The number of nitrogens with one attached hydrogen (secondary N) is 2. The van der Waals surface area contributed by atoms with Crippen molar-refractivity contribution in [3.63, 3.8) is 0 Å². The van der Waals surface area contributed by atoms with Crippen LogP contribution in [0.5, 0.6) is 0 Å². The van der Waals surface area contributed by atoms with Gasteiger partial charge in [-0.2, -0.15) is 9.97 Å². The highest BCUT2D eigenvalue weighted by Gasteiger charge is 2.23. The third kappa shape index (κ3) is 6.43. The minimum absolute atomic E-state index is 0.469. The molecule has 2 atom stereocenters. The fourth-order valence-corrected chi connectivity index (χ4v) is 5.60. The van der Waals surface area contributed by atoms with Gasteiger partial charge in [-0.25, -0.2) is 0 Å². The Morgan fingerprint density at radius 2 is 1.39 bits per heavy atom. The topological polar surface area (TPSA) is 56.3 Å². The second-order valence-corrected chi connectivity index (χ2v) is 10.5. The van der Waals surface area contributed by atoms with Crippen molar-refractivity contribution in [1.82, 2.24) is 15.3 Å². The molecule has 7 heteroatoms. The number of rotatable bonds is 4. The summed E-state index contributed by atoms with van der Waals surface area (Å²) in [6, 6.07) is 2.67. The summed E-state index contributed by atoms with van der Waals surface area (Å²) in [5, 5.41) is 7.53. The van der Waals surface area contributed by atoms with Gasteiger partial charge < -0.3 is 20.4 Å². The standard InChI is InChI=1S/C24H40N6S/c1-18-9-7-13-29(16-18)21-15-22(30-14-8-10-19(2)17-30)27-23(26-21)28-24(31)25-20-11-5-3-4-6-12-20/h15,18-20H,3-14,16-17H2,1-2H3,(H2,25,26,27,28,31)/t18-,19-/m1/s1. The first kappa shape index (κ1) is 22.6. The first-order valence-corrected chi connectivity index (χ1v) is 12.9. The van der Waals surface area contributed by atoms with E-state index in [1.54, 1.807) is 0 Å². The summed E-state index contributed by atoms with van der Waals surface area (Å²) in [5.41, 5.74) is 0. The van der Waals surface area contributed by atoms with Crippen molar-refractivity contribution in [1.29, 1.82) is 0 Å². The van der Waals surface area contributed by atoms with Crippen molar-refractivity contribution in [3.05, 3.63) is 6.07 Å². The van der Waals surface area contributed by atoms with E-state index >= 15 is 0 Å². The molecular weight excluding hydrogens is 404 g/mol. The molecule has 0 bridgehead atoms. The lowest BCUT2D eigenvalue weighted by Gasteiger charge is -2.35. The minimum Gasteiger partial charge on any atom is -0.360 e. The summed E-state index contributed by atoms with van der Waals surface area (Å²) in [6.07, 6.45) is 12.7. The molecule has 3 aliphatic rings. The van der Waals surface area contributed by atoms with E-state index in [4.69, 9.17) is 22.2 Å². The molecule has 31 heavy (non-hydrogen) atoms. The molecule has 1 aromatic rings. The number of piperidine rings is 2. The zero-order valence-corrected chi connectivity index (χ0v) is 20.2. The number of thiocarbonyl (C=S) groups is 1. The Labute approximate surface area is 193 Å². The highest BCUT2D eigenvalue weighted by atomic mass is 32.1. The Morgan fingerprint density at radius 3 is 1.90 bits per heavy atom. The molecule has 0 spiro atoms. The molecule has 1 saturated carbocycles. The van der Waals surface area contributed by atoms with Gasteiger partial charge in [0.25, 0.3) is 0 Å². The number of anilines is 3. The first-order valence-electron chi connectivity index (χ1n) is 12.5. The fourth-order valence-electron chi connectivity index (χ4n) is 5.34. The van der Waals surface area contributed by atoms with Gasteiger partial charge in [-0.1, -0.05) is 39.5 Å². The molecule has 3 heterocycles. The minimum atomic E-state index is 0.469. The third-order valence-electron chi connectivity index (χ3n) is 7.08. The molecule has 1 aromatic heterocycles. The average molecular weight is 445 g/mol. The van der Waals surface area contributed by atoms with Crippen LogP contribution in [0.3, 0.4) is 0 Å². The van der Waals surface area contributed by atoms with Crippen LogP contribution in [-0.4, -0.2) is 47.3 Å². The molecular formula is C24H40N6S. The van der Waals surface area contributed by atoms with Crippen LogP contribution in [-0.2, 0) is 0 Å². The predicted molar refractivity (Wildman–Crippen MR) is 134 cm³/mol. The molecule has 0 amide bonds.